The van der Waals surface area contributed by atoms with Gasteiger partial charge in [-0.25, -0.2) is 0 Å². The maximum atomic E-state index is 12.0. The summed E-state index contributed by atoms with van der Waals surface area (Å²) in [6.45, 7) is 2.74. The van der Waals surface area contributed by atoms with E-state index in [9.17, 15) is 4.79 Å². The molecule has 0 heterocycles. The van der Waals surface area contributed by atoms with E-state index in [1.165, 1.54) is 0 Å². The molecule has 5 nitrogen and oxygen atoms in total. The van der Waals surface area contributed by atoms with Gasteiger partial charge in [0.15, 0.2) is 11.5 Å². The Hall–Kier alpha value is -2.40. The number of hydrogen-bond donors (Lipinski definition) is 1. The summed E-state index contributed by atoms with van der Waals surface area (Å²) in [6.07, 6.45) is 0.264. The lowest BCUT2D eigenvalue weighted by atomic mass is 10.1. The molecular weight excluding hydrogens is 342 g/mol. The van der Waals surface area contributed by atoms with Crippen LogP contribution in [0.3, 0.4) is 0 Å². The average Bonchev–Trinajstić information content (AvgIpc) is 2.60. The smallest absolute Gasteiger partial charge is 0.224 e. The number of rotatable bonds is 8. The molecule has 0 saturated carbocycles. The van der Waals surface area contributed by atoms with Crippen molar-refractivity contribution in [2.75, 3.05) is 27.4 Å². The Balaban J connectivity index is 1.79. The lowest BCUT2D eigenvalue weighted by Gasteiger charge is -2.11. The Morgan fingerprint density at radius 1 is 1.04 bits per heavy atom. The molecule has 0 aromatic heterocycles. The zero-order valence-electron chi connectivity index (χ0n) is 14.6. The second-order valence-corrected chi connectivity index (χ2v) is 5.91. The second kappa shape index (κ2) is 9.18. The number of aryl methyl sites for hydroxylation is 1. The molecule has 0 aliphatic heterocycles. The molecule has 0 aliphatic rings. The van der Waals surface area contributed by atoms with Crippen LogP contribution in [-0.4, -0.2) is 33.3 Å². The Morgan fingerprint density at radius 3 is 2.44 bits per heavy atom. The van der Waals surface area contributed by atoms with Crippen molar-refractivity contribution in [1.29, 1.82) is 0 Å². The number of ether oxygens (including phenoxy) is 3. The summed E-state index contributed by atoms with van der Waals surface area (Å²) in [6, 6.07) is 10.9. The van der Waals surface area contributed by atoms with Gasteiger partial charge in [0.25, 0.3) is 0 Å². The topological polar surface area (TPSA) is 56.8 Å². The zero-order valence-corrected chi connectivity index (χ0v) is 15.4. The van der Waals surface area contributed by atoms with E-state index in [0.717, 1.165) is 16.9 Å². The Labute approximate surface area is 152 Å². The second-order valence-electron chi connectivity index (χ2n) is 5.47. The number of halogens is 1. The van der Waals surface area contributed by atoms with Crippen molar-refractivity contribution in [2.24, 2.45) is 0 Å². The van der Waals surface area contributed by atoms with Crippen molar-refractivity contribution in [2.45, 2.75) is 13.3 Å². The molecule has 0 saturated heterocycles. The van der Waals surface area contributed by atoms with Gasteiger partial charge in [-0.15, -0.1) is 0 Å². The fraction of sp³-hybridized carbons (Fsp3) is 0.316. The van der Waals surface area contributed by atoms with Gasteiger partial charge in [-0.2, -0.15) is 0 Å². The van der Waals surface area contributed by atoms with E-state index in [0.29, 0.717) is 29.7 Å². The molecule has 0 radical (unpaired) electrons. The van der Waals surface area contributed by atoms with Crippen molar-refractivity contribution in [1.82, 2.24) is 5.32 Å². The van der Waals surface area contributed by atoms with Crippen LogP contribution in [0.15, 0.2) is 36.4 Å². The lowest BCUT2D eigenvalue weighted by molar-refractivity contribution is -0.120. The first kappa shape index (κ1) is 18.9. The van der Waals surface area contributed by atoms with E-state index >= 15 is 0 Å². The molecule has 0 atom stereocenters. The molecule has 2 rings (SSSR count). The third-order valence-electron chi connectivity index (χ3n) is 3.63. The number of hydrogen-bond acceptors (Lipinski definition) is 4. The highest BCUT2D eigenvalue weighted by molar-refractivity contribution is 6.30. The minimum absolute atomic E-state index is 0.0800. The van der Waals surface area contributed by atoms with E-state index in [-0.39, 0.29) is 12.3 Å². The monoisotopic (exact) mass is 363 g/mol. The lowest BCUT2D eigenvalue weighted by Crippen LogP contribution is -2.29. The van der Waals surface area contributed by atoms with Crippen LogP contribution in [0.1, 0.15) is 11.1 Å². The predicted molar refractivity (Wildman–Crippen MR) is 97.9 cm³/mol. The standard InChI is InChI=1S/C19H22ClNO4/c1-13-10-15(20)5-7-16(13)25-9-8-21-19(22)12-14-4-6-17(23-2)18(11-14)24-3/h4-7,10-11H,8-9,12H2,1-3H3,(H,21,22). The molecule has 6 heteroatoms. The van der Waals surface area contributed by atoms with Gasteiger partial charge in [-0.3, -0.25) is 4.79 Å². The number of nitrogens with one attached hydrogen (secondary N) is 1. The summed E-state index contributed by atoms with van der Waals surface area (Å²) in [5.41, 5.74) is 1.81. The first-order chi connectivity index (χ1) is 12.0. The van der Waals surface area contributed by atoms with E-state index in [1.807, 2.05) is 25.1 Å². The molecule has 134 valence electrons. The fourth-order valence-electron chi connectivity index (χ4n) is 2.36. The largest absolute Gasteiger partial charge is 0.493 e. The zero-order chi connectivity index (χ0) is 18.2. The highest BCUT2D eigenvalue weighted by Gasteiger charge is 2.08. The van der Waals surface area contributed by atoms with E-state index in [2.05, 4.69) is 5.32 Å². The Bertz CT molecular complexity index is 733. The van der Waals surface area contributed by atoms with E-state index in [4.69, 9.17) is 25.8 Å². The van der Waals surface area contributed by atoms with Crippen LogP contribution in [0, 0.1) is 6.92 Å². The molecule has 0 bridgehead atoms. The van der Waals surface area contributed by atoms with Gasteiger partial charge in [0, 0.05) is 5.02 Å². The molecule has 0 fully saturated rings. The summed E-state index contributed by atoms with van der Waals surface area (Å²) in [5.74, 6) is 1.93. The normalized spacial score (nSPS) is 10.2. The number of carbonyl (C=O) groups is 1. The van der Waals surface area contributed by atoms with Gasteiger partial charge in [-0.1, -0.05) is 17.7 Å². The van der Waals surface area contributed by atoms with Crippen molar-refractivity contribution >= 4 is 17.5 Å². The first-order valence-corrected chi connectivity index (χ1v) is 8.28. The van der Waals surface area contributed by atoms with E-state index < -0.39 is 0 Å². The number of carbonyl (C=O) groups excluding carboxylic acids is 1. The molecule has 2 aromatic rings. The highest BCUT2D eigenvalue weighted by Crippen LogP contribution is 2.27. The summed E-state index contributed by atoms with van der Waals surface area (Å²) < 4.78 is 16.1. The molecule has 1 N–H and O–H groups in total. The average molecular weight is 364 g/mol. The molecule has 0 aliphatic carbocycles. The van der Waals surface area contributed by atoms with Crippen LogP contribution in [0.2, 0.25) is 5.02 Å². The molecule has 25 heavy (non-hydrogen) atoms. The van der Waals surface area contributed by atoms with Gasteiger partial charge >= 0.3 is 0 Å². The van der Waals surface area contributed by atoms with Crippen LogP contribution in [0.25, 0.3) is 0 Å². The summed E-state index contributed by atoms with van der Waals surface area (Å²) in [5, 5.41) is 3.51. The molecule has 0 unspecified atom stereocenters. The summed E-state index contributed by atoms with van der Waals surface area (Å²) in [4.78, 5) is 12.0. The van der Waals surface area contributed by atoms with Crippen molar-refractivity contribution in [3.05, 3.63) is 52.5 Å². The van der Waals surface area contributed by atoms with Crippen LogP contribution < -0.4 is 19.5 Å². The number of benzene rings is 2. The molecular formula is C19H22ClNO4. The van der Waals surface area contributed by atoms with Crippen molar-refractivity contribution in [3.8, 4) is 17.2 Å². The van der Waals surface area contributed by atoms with E-state index in [1.54, 1.807) is 32.4 Å². The van der Waals surface area contributed by atoms with Crippen LogP contribution in [0.4, 0.5) is 0 Å². The Kier molecular flexibility index (Phi) is 6.95. The van der Waals surface area contributed by atoms with Crippen molar-refractivity contribution in [3.63, 3.8) is 0 Å². The van der Waals surface area contributed by atoms with Gasteiger partial charge in [0.2, 0.25) is 5.91 Å². The third kappa shape index (κ3) is 5.57. The molecule has 0 spiro atoms. The predicted octanol–water partition coefficient (Wildman–Crippen LogP) is 3.40. The highest BCUT2D eigenvalue weighted by atomic mass is 35.5. The van der Waals surface area contributed by atoms with Gasteiger partial charge < -0.3 is 19.5 Å². The third-order valence-corrected chi connectivity index (χ3v) is 3.87. The van der Waals surface area contributed by atoms with Crippen LogP contribution in [0.5, 0.6) is 17.2 Å². The van der Waals surface area contributed by atoms with Gasteiger partial charge in [0.1, 0.15) is 12.4 Å². The van der Waals surface area contributed by atoms with Gasteiger partial charge in [-0.05, 0) is 48.4 Å². The van der Waals surface area contributed by atoms with Crippen LogP contribution >= 0.6 is 11.6 Å². The molecule has 2 aromatic carbocycles. The fourth-order valence-corrected chi connectivity index (χ4v) is 2.59. The summed E-state index contributed by atoms with van der Waals surface area (Å²) in [7, 11) is 3.14. The first-order valence-electron chi connectivity index (χ1n) is 7.90. The van der Waals surface area contributed by atoms with Crippen molar-refractivity contribution < 1.29 is 19.0 Å². The minimum Gasteiger partial charge on any atom is -0.493 e. The SMILES string of the molecule is COc1ccc(CC(=O)NCCOc2ccc(Cl)cc2C)cc1OC. The Morgan fingerprint density at radius 2 is 1.76 bits per heavy atom. The van der Waals surface area contributed by atoms with Gasteiger partial charge in [0.05, 0.1) is 27.2 Å². The number of amides is 1. The number of methoxy groups -OCH3 is 2. The molecule has 1 amide bonds. The minimum atomic E-state index is -0.0800. The summed E-state index contributed by atoms with van der Waals surface area (Å²) >= 11 is 5.91. The van der Waals surface area contributed by atoms with Crippen LogP contribution in [-0.2, 0) is 11.2 Å². The maximum absolute atomic E-state index is 12.0. The quantitative estimate of drug-likeness (QED) is 0.730. The maximum Gasteiger partial charge on any atom is 0.224 e.